The van der Waals surface area contributed by atoms with Gasteiger partial charge in [-0.2, -0.15) is 0 Å². The van der Waals surface area contributed by atoms with Crippen molar-refractivity contribution in [2.24, 2.45) is 0 Å². The Morgan fingerprint density at radius 1 is 1.08 bits per heavy atom. The van der Waals surface area contributed by atoms with E-state index in [2.05, 4.69) is 17.9 Å². The third-order valence-electron chi connectivity index (χ3n) is 5.31. The number of nitrogens with zero attached hydrogens (tertiary/aromatic N) is 2. The summed E-state index contributed by atoms with van der Waals surface area (Å²) in [6.45, 7) is 5.53. The molecule has 132 valence electrons. The summed E-state index contributed by atoms with van der Waals surface area (Å²) < 4.78 is 10.8. The van der Waals surface area contributed by atoms with Crippen molar-refractivity contribution < 1.29 is 14.3 Å². The van der Waals surface area contributed by atoms with Crippen LogP contribution in [-0.4, -0.2) is 56.1 Å². The third kappa shape index (κ3) is 3.36. The van der Waals surface area contributed by atoms with Crippen molar-refractivity contribution in [1.82, 2.24) is 9.80 Å². The van der Waals surface area contributed by atoms with Gasteiger partial charge in [-0.3, -0.25) is 9.69 Å². The maximum atomic E-state index is 12.8. The van der Waals surface area contributed by atoms with E-state index in [1.165, 1.54) is 30.4 Å². The van der Waals surface area contributed by atoms with Crippen LogP contribution in [0.15, 0.2) is 12.1 Å². The molecule has 0 aliphatic carbocycles. The van der Waals surface area contributed by atoms with E-state index in [4.69, 9.17) is 9.47 Å². The molecule has 1 atom stereocenters. The minimum absolute atomic E-state index is 0.0749. The lowest BCUT2D eigenvalue weighted by Crippen LogP contribution is -2.45. The summed E-state index contributed by atoms with van der Waals surface area (Å²) in [6.07, 6.45) is 4.58. The van der Waals surface area contributed by atoms with Gasteiger partial charge >= 0.3 is 0 Å². The summed E-state index contributed by atoms with van der Waals surface area (Å²) in [5.74, 6) is 1.73. The molecule has 0 unspecified atom stereocenters. The van der Waals surface area contributed by atoms with E-state index in [0.717, 1.165) is 37.6 Å². The molecule has 3 rings (SSSR count). The first-order valence-electron chi connectivity index (χ1n) is 8.90. The molecule has 0 spiro atoms. The summed E-state index contributed by atoms with van der Waals surface area (Å²) in [7, 11) is 3.31. The van der Waals surface area contributed by atoms with Crippen LogP contribution in [0.4, 0.5) is 0 Å². The Balaban J connectivity index is 1.75. The van der Waals surface area contributed by atoms with Gasteiger partial charge in [0.2, 0.25) is 5.91 Å². The molecular formula is C19H28N2O3. The Morgan fingerprint density at radius 2 is 1.75 bits per heavy atom. The molecule has 0 N–H and O–H groups in total. The summed E-state index contributed by atoms with van der Waals surface area (Å²) in [6, 6.07) is 4.15. The first kappa shape index (κ1) is 17.1. The molecule has 1 saturated heterocycles. The molecule has 2 aliphatic heterocycles. The third-order valence-corrected chi connectivity index (χ3v) is 5.31. The number of hydrogen-bond donors (Lipinski definition) is 0. The Bertz CT molecular complexity index is 597. The van der Waals surface area contributed by atoms with E-state index >= 15 is 0 Å². The second-order valence-electron chi connectivity index (χ2n) is 6.76. The van der Waals surface area contributed by atoms with Gasteiger partial charge in [-0.25, -0.2) is 0 Å². The van der Waals surface area contributed by atoms with Crippen LogP contribution in [0.5, 0.6) is 11.5 Å². The van der Waals surface area contributed by atoms with Crippen LogP contribution in [0.2, 0.25) is 0 Å². The highest BCUT2D eigenvalue weighted by atomic mass is 16.5. The minimum atomic E-state index is 0.0749. The van der Waals surface area contributed by atoms with Crippen LogP contribution in [-0.2, 0) is 11.2 Å². The molecule has 0 saturated carbocycles. The number of fused-ring (bicyclic) bond motifs is 1. The number of carbonyl (C=O) groups excluding carboxylic acids is 1. The van der Waals surface area contributed by atoms with Crippen molar-refractivity contribution >= 4 is 5.91 Å². The molecule has 0 radical (unpaired) electrons. The van der Waals surface area contributed by atoms with Gasteiger partial charge in [0, 0.05) is 6.54 Å². The molecule has 1 amide bonds. The lowest BCUT2D eigenvalue weighted by Gasteiger charge is -2.37. The molecule has 5 nitrogen and oxygen atoms in total. The Morgan fingerprint density at radius 3 is 2.42 bits per heavy atom. The second kappa shape index (κ2) is 7.43. The zero-order chi connectivity index (χ0) is 17.1. The number of carbonyl (C=O) groups is 1. The molecule has 1 aromatic carbocycles. The average molecular weight is 332 g/mol. The van der Waals surface area contributed by atoms with E-state index in [9.17, 15) is 4.79 Å². The van der Waals surface area contributed by atoms with Crippen molar-refractivity contribution in [2.75, 3.05) is 40.4 Å². The van der Waals surface area contributed by atoms with Crippen LogP contribution >= 0.6 is 0 Å². The van der Waals surface area contributed by atoms with E-state index in [1.807, 2.05) is 11.0 Å². The predicted octanol–water partition coefficient (Wildman–Crippen LogP) is 2.64. The number of ether oxygens (including phenoxy) is 2. The molecule has 0 bridgehead atoms. The minimum Gasteiger partial charge on any atom is -0.493 e. The summed E-state index contributed by atoms with van der Waals surface area (Å²) in [5.41, 5.74) is 2.42. The number of benzene rings is 1. The number of rotatable bonds is 4. The fourth-order valence-electron chi connectivity index (χ4n) is 3.88. The van der Waals surface area contributed by atoms with Gasteiger partial charge < -0.3 is 14.4 Å². The first-order valence-corrected chi connectivity index (χ1v) is 8.90. The number of hydrogen-bond acceptors (Lipinski definition) is 4. The molecule has 24 heavy (non-hydrogen) atoms. The molecule has 5 heteroatoms. The highest BCUT2D eigenvalue weighted by Gasteiger charge is 2.30. The molecular weight excluding hydrogens is 304 g/mol. The van der Waals surface area contributed by atoms with Crippen LogP contribution in [0.1, 0.15) is 43.4 Å². The van der Waals surface area contributed by atoms with Crippen LogP contribution in [0, 0.1) is 0 Å². The number of methoxy groups -OCH3 is 2. The van der Waals surface area contributed by atoms with Gasteiger partial charge in [-0.15, -0.1) is 0 Å². The molecule has 1 aromatic rings. The van der Waals surface area contributed by atoms with Crippen molar-refractivity contribution in [3.8, 4) is 11.5 Å². The summed E-state index contributed by atoms with van der Waals surface area (Å²) in [5, 5.41) is 0. The monoisotopic (exact) mass is 332 g/mol. The summed E-state index contributed by atoms with van der Waals surface area (Å²) in [4.78, 5) is 17.1. The molecule has 2 heterocycles. The van der Waals surface area contributed by atoms with E-state index in [0.29, 0.717) is 6.54 Å². The molecule has 1 fully saturated rings. The average Bonchev–Trinajstić information content (AvgIpc) is 2.61. The largest absolute Gasteiger partial charge is 0.493 e. The van der Waals surface area contributed by atoms with Gasteiger partial charge in [0.05, 0.1) is 26.8 Å². The number of likely N-dealkylation sites (tertiary alicyclic amines) is 1. The van der Waals surface area contributed by atoms with E-state index in [-0.39, 0.29) is 11.9 Å². The highest BCUT2D eigenvalue weighted by Crippen LogP contribution is 2.37. The normalized spacial score (nSPS) is 21.3. The van der Waals surface area contributed by atoms with Gasteiger partial charge in [-0.1, -0.05) is 6.42 Å². The summed E-state index contributed by atoms with van der Waals surface area (Å²) >= 11 is 0. The quantitative estimate of drug-likeness (QED) is 0.850. The SMILES string of the molecule is COc1cc2c(cc1OC)[C@@H](C)N(C(=O)CN1CCCCC1)CC2. The van der Waals surface area contributed by atoms with Crippen molar-refractivity contribution in [3.05, 3.63) is 23.3 Å². The zero-order valence-corrected chi connectivity index (χ0v) is 15.0. The maximum Gasteiger partial charge on any atom is 0.237 e. The van der Waals surface area contributed by atoms with Gasteiger partial charge in [0.1, 0.15) is 0 Å². The van der Waals surface area contributed by atoms with Crippen LogP contribution in [0.3, 0.4) is 0 Å². The Hall–Kier alpha value is -1.75. The fourth-order valence-corrected chi connectivity index (χ4v) is 3.88. The topological polar surface area (TPSA) is 42.0 Å². The lowest BCUT2D eigenvalue weighted by molar-refractivity contribution is -0.135. The number of amides is 1. The van der Waals surface area contributed by atoms with Crippen molar-refractivity contribution in [2.45, 2.75) is 38.6 Å². The Kier molecular flexibility index (Phi) is 5.29. The zero-order valence-electron chi connectivity index (χ0n) is 15.0. The standard InChI is InChI=1S/C19H28N2O3/c1-14-16-12-18(24-3)17(23-2)11-15(16)7-10-21(14)19(22)13-20-8-5-4-6-9-20/h11-12,14H,4-10,13H2,1-3H3/t14-/m1/s1. The van der Waals surface area contributed by atoms with Gasteiger partial charge in [0.25, 0.3) is 0 Å². The van der Waals surface area contributed by atoms with Crippen LogP contribution < -0.4 is 9.47 Å². The van der Waals surface area contributed by atoms with Crippen LogP contribution in [0.25, 0.3) is 0 Å². The fraction of sp³-hybridized carbons (Fsp3) is 0.632. The highest BCUT2D eigenvalue weighted by molar-refractivity contribution is 5.79. The van der Waals surface area contributed by atoms with Gasteiger partial charge in [0.15, 0.2) is 11.5 Å². The van der Waals surface area contributed by atoms with E-state index in [1.54, 1.807) is 14.2 Å². The van der Waals surface area contributed by atoms with Gasteiger partial charge in [-0.05, 0) is 62.5 Å². The molecule has 0 aromatic heterocycles. The smallest absolute Gasteiger partial charge is 0.237 e. The first-order chi connectivity index (χ1) is 11.6. The number of piperidine rings is 1. The predicted molar refractivity (Wildman–Crippen MR) is 93.7 cm³/mol. The van der Waals surface area contributed by atoms with Crippen molar-refractivity contribution in [3.63, 3.8) is 0 Å². The van der Waals surface area contributed by atoms with Crippen molar-refractivity contribution in [1.29, 1.82) is 0 Å². The Labute approximate surface area is 144 Å². The lowest BCUT2D eigenvalue weighted by atomic mass is 9.92. The maximum absolute atomic E-state index is 12.8. The second-order valence-corrected chi connectivity index (χ2v) is 6.76. The molecule has 2 aliphatic rings. The van der Waals surface area contributed by atoms with E-state index < -0.39 is 0 Å².